The minimum Gasteiger partial charge on any atom is -0.494 e. The van der Waals surface area contributed by atoms with Gasteiger partial charge < -0.3 is 14.5 Å². The summed E-state index contributed by atoms with van der Waals surface area (Å²) in [4.78, 5) is 5.19. The minimum absolute atomic E-state index is 0.697. The summed E-state index contributed by atoms with van der Waals surface area (Å²) < 4.78 is 5.95. The second-order valence-electron chi connectivity index (χ2n) is 8.53. The Morgan fingerprint density at radius 1 is 0.962 bits per heavy atom. The number of piperidine rings is 2. The molecule has 2 aliphatic heterocycles. The fourth-order valence-corrected chi connectivity index (χ4v) is 4.39. The molecule has 3 heteroatoms. The number of rotatable bonds is 8. The Balaban J connectivity index is 1.33. The largest absolute Gasteiger partial charge is 0.494 e. The molecule has 0 aromatic heterocycles. The van der Waals surface area contributed by atoms with E-state index in [1.54, 1.807) is 0 Å². The van der Waals surface area contributed by atoms with E-state index in [-0.39, 0.29) is 0 Å². The Bertz CT molecular complexity index is 499. The van der Waals surface area contributed by atoms with E-state index >= 15 is 0 Å². The predicted octanol–water partition coefficient (Wildman–Crippen LogP) is 4.60. The molecule has 0 spiro atoms. The van der Waals surface area contributed by atoms with E-state index in [9.17, 15) is 0 Å². The van der Waals surface area contributed by atoms with Gasteiger partial charge >= 0.3 is 0 Å². The van der Waals surface area contributed by atoms with E-state index < -0.39 is 0 Å². The number of likely N-dealkylation sites (tertiary alicyclic amines) is 2. The maximum atomic E-state index is 5.95. The van der Waals surface area contributed by atoms with E-state index in [1.807, 2.05) is 0 Å². The van der Waals surface area contributed by atoms with Crippen molar-refractivity contribution in [3.05, 3.63) is 29.8 Å². The van der Waals surface area contributed by atoms with Crippen molar-refractivity contribution in [3.63, 3.8) is 0 Å². The Kier molecular flexibility index (Phi) is 7.82. The molecule has 2 heterocycles. The van der Waals surface area contributed by atoms with Gasteiger partial charge in [-0.05, 0) is 102 Å². The van der Waals surface area contributed by atoms with Crippen LogP contribution in [-0.2, 0) is 6.42 Å². The van der Waals surface area contributed by atoms with Crippen LogP contribution in [0.3, 0.4) is 0 Å². The van der Waals surface area contributed by atoms with E-state index in [0.29, 0.717) is 6.04 Å². The van der Waals surface area contributed by atoms with Gasteiger partial charge in [0.25, 0.3) is 0 Å². The lowest BCUT2D eigenvalue weighted by Gasteiger charge is -2.34. The smallest absolute Gasteiger partial charge is 0.119 e. The van der Waals surface area contributed by atoms with Crippen molar-refractivity contribution in [2.75, 3.05) is 39.3 Å². The van der Waals surface area contributed by atoms with E-state index in [1.165, 1.54) is 76.8 Å². The monoisotopic (exact) mass is 358 g/mol. The highest BCUT2D eigenvalue weighted by molar-refractivity contribution is 5.27. The first kappa shape index (κ1) is 19.7. The number of hydrogen-bond acceptors (Lipinski definition) is 3. The summed E-state index contributed by atoms with van der Waals surface area (Å²) in [5.41, 5.74) is 1.47. The van der Waals surface area contributed by atoms with Gasteiger partial charge in [0.1, 0.15) is 5.75 Å². The van der Waals surface area contributed by atoms with Crippen LogP contribution in [0.1, 0.15) is 57.9 Å². The van der Waals surface area contributed by atoms with Gasteiger partial charge in [-0.25, -0.2) is 0 Å². The molecule has 0 N–H and O–H groups in total. The Labute approximate surface area is 160 Å². The van der Waals surface area contributed by atoms with E-state index in [2.05, 4.69) is 47.9 Å². The first-order valence-corrected chi connectivity index (χ1v) is 10.9. The third-order valence-electron chi connectivity index (χ3n) is 6.16. The van der Waals surface area contributed by atoms with Gasteiger partial charge in [-0.2, -0.15) is 0 Å². The van der Waals surface area contributed by atoms with Gasteiger partial charge in [-0.15, -0.1) is 0 Å². The third kappa shape index (κ3) is 6.28. The van der Waals surface area contributed by atoms with Crippen molar-refractivity contribution in [1.29, 1.82) is 0 Å². The first-order valence-electron chi connectivity index (χ1n) is 10.9. The number of ether oxygens (including phenoxy) is 1. The van der Waals surface area contributed by atoms with Crippen LogP contribution in [0.25, 0.3) is 0 Å². The lowest BCUT2D eigenvalue weighted by atomic mass is 9.90. The van der Waals surface area contributed by atoms with Gasteiger partial charge in [0.2, 0.25) is 0 Å². The second kappa shape index (κ2) is 10.3. The van der Waals surface area contributed by atoms with Crippen molar-refractivity contribution in [3.8, 4) is 5.75 Å². The van der Waals surface area contributed by atoms with Crippen LogP contribution in [0.5, 0.6) is 5.75 Å². The predicted molar refractivity (Wildman–Crippen MR) is 110 cm³/mol. The molecule has 146 valence electrons. The molecule has 0 saturated carbocycles. The van der Waals surface area contributed by atoms with Crippen molar-refractivity contribution in [2.24, 2.45) is 5.92 Å². The topological polar surface area (TPSA) is 15.7 Å². The molecule has 1 aromatic carbocycles. The maximum Gasteiger partial charge on any atom is 0.119 e. The molecule has 1 aromatic rings. The van der Waals surface area contributed by atoms with Gasteiger partial charge in [0.05, 0.1) is 6.61 Å². The molecule has 26 heavy (non-hydrogen) atoms. The average molecular weight is 359 g/mol. The molecular weight excluding hydrogens is 320 g/mol. The molecule has 3 nitrogen and oxygen atoms in total. The van der Waals surface area contributed by atoms with Gasteiger partial charge in [-0.1, -0.05) is 18.6 Å². The minimum atomic E-state index is 0.697. The van der Waals surface area contributed by atoms with Gasteiger partial charge in [0.15, 0.2) is 0 Å². The summed E-state index contributed by atoms with van der Waals surface area (Å²) in [6.45, 7) is 11.7. The van der Waals surface area contributed by atoms with E-state index in [0.717, 1.165) is 24.7 Å². The fraction of sp³-hybridized carbons (Fsp3) is 0.739. The van der Waals surface area contributed by atoms with Crippen molar-refractivity contribution in [2.45, 2.75) is 64.8 Å². The summed E-state index contributed by atoms with van der Waals surface area (Å²) in [5.74, 6) is 1.88. The molecular formula is C23H38N2O. The normalized spacial score (nSPS) is 20.6. The van der Waals surface area contributed by atoms with Crippen LogP contribution in [0, 0.1) is 5.92 Å². The van der Waals surface area contributed by atoms with Crippen molar-refractivity contribution in [1.82, 2.24) is 9.80 Å². The number of nitrogens with zero attached hydrogens (tertiary/aromatic N) is 2. The standard InChI is InChI=1S/C23H38N2O/c1-20(2)25-16-11-22(12-17-25)19-21-7-9-23(10-8-21)26-18-6-15-24-13-4-3-5-14-24/h7-10,20,22H,3-6,11-19H2,1-2H3. The highest BCUT2D eigenvalue weighted by Gasteiger charge is 2.20. The molecule has 2 fully saturated rings. The van der Waals surface area contributed by atoms with Crippen molar-refractivity contribution < 1.29 is 4.74 Å². The number of benzene rings is 1. The average Bonchev–Trinajstić information content (AvgIpc) is 2.68. The fourth-order valence-electron chi connectivity index (χ4n) is 4.39. The Morgan fingerprint density at radius 3 is 2.31 bits per heavy atom. The van der Waals surface area contributed by atoms with E-state index in [4.69, 9.17) is 4.74 Å². The summed E-state index contributed by atoms with van der Waals surface area (Å²) in [7, 11) is 0. The Morgan fingerprint density at radius 2 is 1.65 bits per heavy atom. The zero-order valence-corrected chi connectivity index (χ0v) is 17.0. The molecule has 0 unspecified atom stereocenters. The van der Waals surface area contributed by atoms with Crippen LogP contribution in [0.15, 0.2) is 24.3 Å². The highest BCUT2D eigenvalue weighted by atomic mass is 16.5. The Hall–Kier alpha value is -1.06. The first-order chi connectivity index (χ1) is 12.7. The maximum absolute atomic E-state index is 5.95. The zero-order chi connectivity index (χ0) is 18.2. The molecule has 0 aliphatic carbocycles. The van der Waals surface area contributed by atoms with Gasteiger partial charge in [0, 0.05) is 12.6 Å². The second-order valence-corrected chi connectivity index (χ2v) is 8.53. The van der Waals surface area contributed by atoms with Crippen LogP contribution in [0.2, 0.25) is 0 Å². The van der Waals surface area contributed by atoms with Crippen LogP contribution >= 0.6 is 0 Å². The highest BCUT2D eigenvalue weighted by Crippen LogP contribution is 2.24. The molecule has 0 amide bonds. The van der Waals surface area contributed by atoms with Crippen LogP contribution in [0.4, 0.5) is 0 Å². The zero-order valence-electron chi connectivity index (χ0n) is 17.0. The molecule has 0 atom stereocenters. The molecule has 2 saturated heterocycles. The molecule has 3 rings (SSSR count). The summed E-state index contributed by atoms with van der Waals surface area (Å²) in [6, 6.07) is 9.57. The molecule has 2 aliphatic rings. The molecule has 0 bridgehead atoms. The van der Waals surface area contributed by atoms with Crippen molar-refractivity contribution >= 4 is 0 Å². The quantitative estimate of drug-likeness (QED) is 0.632. The SMILES string of the molecule is CC(C)N1CCC(Cc2ccc(OCCCN3CCCCC3)cc2)CC1. The summed E-state index contributed by atoms with van der Waals surface area (Å²) in [6.07, 6.45) is 9.20. The number of hydrogen-bond donors (Lipinski definition) is 0. The third-order valence-corrected chi connectivity index (χ3v) is 6.16. The van der Waals surface area contributed by atoms with Gasteiger partial charge in [-0.3, -0.25) is 0 Å². The van der Waals surface area contributed by atoms with Crippen LogP contribution in [-0.4, -0.2) is 55.2 Å². The lowest BCUT2D eigenvalue weighted by molar-refractivity contribution is 0.149. The summed E-state index contributed by atoms with van der Waals surface area (Å²) >= 11 is 0. The van der Waals surface area contributed by atoms with Crippen LogP contribution < -0.4 is 4.74 Å². The summed E-state index contributed by atoms with van der Waals surface area (Å²) in [5, 5.41) is 0. The molecule has 0 radical (unpaired) electrons. The lowest BCUT2D eigenvalue weighted by Crippen LogP contribution is -2.38.